The van der Waals surface area contributed by atoms with E-state index in [1.54, 1.807) is 7.11 Å². The van der Waals surface area contributed by atoms with Crippen LogP contribution >= 0.6 is 12.2 Å². The number of para-hydroxylation sites is 4. The lowest BCUT2D eigenvalue weighted by molar-refractivity contribution is 0.270. The van der Waals surface area contributed by atoms with Crippen LogP contribution in [0.25, 0.3) is 0 Å². The minimum absolute atomic E-state index is 0.0177. The van der Waals surface area contributed by atoms with Crippen LogP contribution in [-0.4, -0.2) is 31.5 Å². The first kappa shape index (κ1) is 18.9. The number of nitrogens with one attached hydrogen (secondary N) is 2. The Labute approximate surface area is 154 Å². The minimum atomic E-state index is 0.0177. The van der Waals surface area contributed by atoms with Gasteiger partial charge in [-0.25, -0.2) is 0 Å². The number of thiocarbonyl (C=S) groups is 1. The van der Waals surface area contributed by atoms with E-state index in [0.717, 1.165) is 11.4 Å². The van der Waals surface area contributed by atoms with Gasteiger partial charge in [-0.05, 0) is 50.3 Å². The molecule has 0 spiro atoms. The van der Waals surface area contributed by atoms with Crippen molar-refractivity contribution in [1.29, 1.82) is 0 Å². The fraction of sp³-hybridized carbons (Fsp3) is 0.316. The van der Waals surface area contributed by atoms with Crippen molar-refractivity contribution in [2.45, 2.75) is 19.9 Å². The van der Waals surface area contributed by atoms with Crippen LogP contribution in [0.15, 0.2) is 48.5 Å². The molecule has 0 aliphatic carbocycles. The Morgan fingerprint density at radius 2 is 1.64 bits per heavy atom. The second kappa shape index (κ2) is 9.74. The zero-order chi connectivity index (χ0) is 18.1. The Bertz CT molecular complexity index is 694. The first-order valence-corrected chi connectivity index (χ1v) is 8.60. The van der Waals surface area contributed by atoms with Gasteiger partial charge < -0.3 is 24.8 Å². The molecule has 1 atom stereocenters. The molecule has 0 unspecified atom stereocenters. The smallest absolute Gasteiger partial charge is 0.171 e. The number of ether oxygens (including phenoxy) is 3. The summed E-state index contributed by atoms with van der Waals surface area (Å²) in [5.74, 6) is 2.19. The van der Waals surface area contributed by atoms with Crippen molar-refractivity contribution in [3.8, 4) is 17.2 Å². The molecule has 0 fully saturated rings. The van der Waals surface area contributed by atoms with Crippen LogP contribution in [0.4, 0.5) is 5.69 Å². The van der Waals surface area contributed by atoms with Crippen molar-refractivity contribution >= 4 is 23.0 Å². The summed E-state index contributed by atoms with van der Waals surface area (Å²) < 4.78 is 16.7. The van der Waals surface area contributed by atoms with Gasteiger partial charge in [0, 0.05) is 0 Å². The lowest BCUT2D eigenvalue weighted by atomic mass is 10.3. The number of hydrogen-bond acceptors (Lipinski definition) is 4. The highest BCUT2D eigenvalue weighted by Gasteiger charge is 2.10. The number of rotatable bonds is 8. The van der Waals surface area contributed by atoms with E-state index in [-0.39, 0.29) is 6.04 Å². The van der Waals surface area contributed by atoms with E-state index in [1.807, 2.05) is 62.4 Å². The molecule has 2 aromatic rings. The number of benzene rings is 2. The largest absolute Gasteiger partial charge is 0.493 e. The fourth-order valence-electron chi connectivity index (χ4n) is 2.23. The molecule has 0 bridgehead atoms. The summed E-state index contributed by atoms with van der Waals surface area (Å²) in [6.45, 7) is 5.00. The summed E-state index contributed by atoms with van der Waals surface area (Å²) in [5, 5.41) is 6.88. The molecule has 25 heavy (non-hydrogen) atoms. The molecule has 0 saturated carbocycles. The Morgan fingerprint density at radius 1 is 1.00 bits per heavy atom. The van der Waals surface area contributed by atoms with Crippen LogP contribution in [0.1, 0.15) is 13.8 Å². The SMILES string of the molecule is CCOc1ccccc1NC(=S)N[C@H](C)COc1ccccc1OC. The van der Waals surface area contributed by atoms with Crippen molar-refractivity contribution in [2.24, 2.45) is 0 Å². The Hall–Kier alpha value is -2.47. The lowest BCUT2D eigenvalue weighted by Crippen LogP contribution is -2.39. The third-order valence-corrected chi connectivity index (χ3v) is 3.59. The average molecular weight is 360 g/mol. The first-order valence-electron chi connectivity index (χ1n) is 8.19. The zero-order valence-electron chi connectivity index (χ0n) is 14.7. The molecule has 0 amide bonds. The minimum Gasteiger partial charge on any atom is -0.493 e. The zero-order valence-corrected chi connectivity index (χ0v) is 15.6. The number of anilines is 1. The van der Waals surface area contributed by atoms with Crippen LogP contribution in [0.3, 0.4) is 0 Å². The van der Waals surface area contributed by atoms with Crippen molar-refractivity contribution in [3.05, 3.63) is 48.5 Å². The van der Waals surface area contributed by atoms with E-state index in [4.69, 9.17) is 26.4 Å². The maximum atomic E-state index is 5.80. The third kappa shape index (κ3) is 5.83. The molecule has 0 heterocycles. The molecule has 0 aliphatic rings. The maximum Gasteiger partial charge on any atom is 0.171 e. The topological polar surface area (TPSA) is 51.8 Å². The second-order valence-electron chi connectivity index (χ2n) is 5.39. The highest BCUT2D eigenvalue weighted by molar-refractivity contribution is 7.80. The third-order valence-electron chi connectivity index (χ3n) is 3.37. The Morgan fingerprint density at radius 3 is 2.32 bits per heavy atom. The molecule has 2 N–H and O–H groups in total. The van der Waals surface area contributed by atoms with Gasteiger partial charge in [0.05, 0.1) is 25.4 Å². The quantitative estimate of drug-likeness (QED) is 0.698. The van der Waals surface area contributed by atoms with Crippen LogP contribution < -0.4 is 24.8 Å². The van der Waals surface area contributed by atoms with Crippen molar-refractivity contribution in [3.63, 3.8) is 0 Å². The van der Waals surface area contributed by atoms with Crippen LogP contribution in [0.5, 0.6) is 17.2 Å². The Kier molecular flexibility index (Phi) is 7.35. The number of methoxy groups -OCH3 is 1. The van der Waals surface area contributed by atoms with Gasteiger partial charge in [0.25, 0.3) is 0 Å². The summed E-state index contributed by atoms with van der Waals surface area (Å²) in [5.41, 5.74) is 0.833. The highest BCUT2D eigenvalue weighted by Crippen LogP contribution is 2.26. The normalized spacial score (nSPS) is 11.3. The number of hydrogen-bond donors (Lipinski definition) is 2. The molecular weight excluding hydrogens is 336 g/mol. The molecule has 5 nitrogen and oxygen atoms in total. The molecule has 0 radical (unpaired) electrons. The summed E-state index contributed by atoms with van der Waals surface area (Å²) in [6, 6.07) is 15.3. The molecular formula is C19H24N2O3S. The van der Waals surface area contributed by atoms with E-state index < -0.39 is 0 Å². The van der Waals surface area contributed by atoms with Gasteiger partial charge in [0.1, 0.15) is 12.4 Å². The molecule has 6 heteroatoms. The van der Waals surface area contributed by atoms with Gasteiger partial charge >= 0.3 is 0 Å². The molecule has 2 rings (SSSR count). The predicted molar refractivity (Wildman–Crippen MR) is 105 cm³/mol. The predicted octanol–water partition coefficient (Wildman–Crippen LogP) is 3.85. The molecule has 2 aromatic carbocycles. The standard InChI is InChI=1S/C19H24N2O3S/c1-4-23-16-10-6-5-9-15(16)21-19(25)20-14(2)13-24-18-12-8-7-11-17(18)22-3/h5-12,14H,4,13H2,1-3H3,(H2,20,21,25)/t14-/m1/s1. The van der Waals surface area contributed by atoms with Crippen LogP contribution in [0, 0.1) is 0 Å². The van der Waals surface area contributed by atoms with E-state index in [1.165, 1.54) is 0 Å². The lowest BCUT2D eigenvalue weighted by Gasteiger charge is -2.19. The van der Waals surface area contributed by atoms with Crippen molar-refractivity contribution in [1.82, 2.24) is 5.32 Å². The van der Waals surface area contributed by atoms with Gasteiger partial charge in [0.15, 0.2) is 16.6 Å². The van der Waals surface area contributed by atoms with E-state index in [2.05, 4.69) is 10.6 Å². The van der Waals surface area contributed by atoms with Gasteiger partial charge in [0.2, 0.25) is 0 Å². The van der Waals surface area contributed by atoms with E-state index in [9.17, 15) is 0 Å². The van der Waals surface area contributed by atoms with Crippen molar-refractivity contribution < 1.29 is 14.2 Å². The van der Waals surface area contributed by atoms with Gasteiger partial charge in [-0.2, -0.15) is 0 Å². The monoisotopic (exact) mass is 360 g/mol. The second-order valence-corrected chi connectivity index (χ2v) is 5.80. The van der Waals surface area contributed by atoms with Crippen LogP contribution in [0.2, 0.25) is 0 Å². The summed E-state index contributed by atoms with van der Waals surface area (Å²) in [7, 11) is 1.62. The molecule has 0 aliphatic heterocycles. The molecule has 0 saturated heterocycles. The molecule has 0 aromatic heterocycles. The average Bonchev–Trinajstić information content (AvgIpc) is 2.62. The summed E-state index contributed by atoms with van der Waals surface area (Å²) in [6.07, 6.45) is 0. The molecule has 134 valence electrons. The van der Waals surface area contributed by atoms with Gasteiger partial charge in [-0.15, -0.1) is 0 Å². The maximum absolute atomic E-state index is 5.80. The van der Waals surface area contributed by atoms with E-state index in [0.29, 0.717) is 29.8 Å². The fourth-order valence-corrected chi connectivity index (χ4v) is 2.54. The summed E-state index contributed by atoms with van der Waals surface area (Å²) >= 11 is 5.38. The highest BCUT2D eigenvalue weighted by atomic mass is 32.1. The van der Waals surface area contributed by atoms with Gasteiger partial charge in [-0.3, -0.25) is 0 Å². The van der Waals surface area contributed by atoms with Crippen molar-refractivity contribution in [2.75, 3.05) is 25.6 Å². The van der Waals surface area contributed by atoms with Crippen LogP contribution in [-0.2, 0) is 0 Å². The summed E-state index contributed by atoms with van der Waals surface area (Å²) in [4.78, 5) is 0. The van der Waals surface area contributed by atoms with E-state index >= 15 is 0 Å². The first-order chi connectivity index (χ1) is 12.1. The van der Waals surface area contributed by atoms with Gasteiger partial charge in [-0.1, -0.05) is 24.3 Å². The Balaban J connectivity index is 1.86.